The lowest BCUT2D eigenvalue weighted by atomic mass is 9.78. The monoisotopic (exact) mass is 844 g/mol. The van der Waals surface area contributed by atoms with Crippen LogP contribution in [0.25, 0.3) is 0 Å². The van der Waals surface area contributed by atoms with Crippen LogP contribution >= 0.6 is 0 Å². The molecule has 10 fully saturated rings. The molecule has 10 aliphatic rings. The van der Waals surface area contributed by atoms with Crippen LogP contribution in [0.4, 0.5) is 0 Å². The van der Waals surface area contributed by atoms with E-state index in [1.54, 1.807) is 0 Å². The summed E-state index contributed by atoms with van der Waals surface area (Å²) in [6.07, 6.45) is 7.90. The van der Waals surface area contributed by atoms with Crippen LogP contribution in [0.5, 0.6) is 0 Å². The number of hydrogen-bond donors (Lipinski definition) is 2. The fourth-order valence-corrected chi connectivity index (χ4v) is 13.9. The first-order valence-corrected chi connectivity index (χ1v) is 26.5. The maximum absolute atomic E-state index is 12.0. The normalized spacial score (nSPS) is 50.7. The highest BCUT2D eigenvalue weighted by molar-refractivity contribution is 6.74. The minimum atomic E-state index is -2.06. The van der Waals surface area contributed by atoms with Crippen LogP contribution < -0.4 is 5.73 Å². The molecule has 6 unspecified atom stereocenters. The van der Waals surface area contributed by atoms with Crippen molar-refractivity contribution in [3.05, 3.63) is 24.3 Å². The van der Waals surface area contributed by atoms with Gasteiger partial charge in [0.25, 0.3) is 0 Å². The molecule has 0 aromatic carbocycles. The van der Waals surface area contributed by atoms with Crippen molar-refractivity contribution >= 4 is 8.32 Å². The third-order valence-corrected chi connectivity index (χ3v) is 21.5. The van der Waals surface area contributed by atoms with Gasteiger partial charge in [-0.2, -0.15) is 0 Å². The largest absolute Gasteiger partial charge is 0.413 e. The van der Waals surface area contributed by atoms with Crippen molar-refractivity contribution in [2.75, 3.05) is 6.54 Å². The summed E-state index contributed by atoms with van der Waals surface area (Å²) >= 11 is 0. The second-order valence-corrected chi connectivity index (χ2v) is 27.1. The molecule has 3 N–H and O–H groups in total. The third kappa shape index (κ3) is 8.17. The molecule has 12 bridgehead atoms. The molecule has 10 aliphatic heterocycles. The first-order chi connectivity index (χ1) is 27.8. The highest BCUT2D eigenvalue weighted by Crippen LogP contribution is 2.59. The van der Waals surface area contributed by atoms with E-state index in [2.05, 4.69) is 67.8 Å². The Hall–Kier alpha value is -0.743. The van der Waals surface area contributed by atoms with Crippen LogP contribution in [0.2, 0.25) is 18.1 Å². The van der Waals surface area contributed by atoms with Crippen molar-refractivity contribution < 1.29 is 47.4 Å². The number of rotatable bonds is 5. The Morgan fingerprint density at radius 3 is 2.31 bits per heavy atom. The molecule has 0 aromatic heterocycles. The van der Waals surface area contributed by atoms with Gasteiger partial charge in [0.05, 0.1) is 61.0 Å². The average molecular weight is 844 g/mol. The van der Waals surface area contributed by atoms with Crippen LogP contribution in [0.3, 0.4) is 0 Å². The molecule has 334 valence electrons. The maximum Gasteiger partial charge on any atom is 0.192 e. The van der Waals surface area contributed by atoms with Crippen molar-refractivity contribution in [3.8, 4) is 0 Å². The van der Waals surface area contributed by atoms with E-state index in [4.69, 9.17) is 48.1 Å². The van der Waals surface area contributed by atoms with E-state index in [1.807, 2.05) is 0 Å². The highest BCUT2D eigenvalue weighted by atomic mass is 28.4. The van der Waals surface area contributed by atoms with E-state index in [0.717, 1.165) is 63.4 Å². The van der Waals surface area contributed by atoms with Crippen molar-refractivity contribution in [1.29, 1.82) is 0 Å². The Labute approximate surface area is 355 Å². The summed E-state index contributed by atoms with van der Waals surface area (Å²) in [5, 5.41) is 12.1. The zero-order chi connectivity index (χ0) is 41.8. The van der Waals surface area contributed by atoms with Gasteiger partial charge >= 0.3 is 0 Å². The van der Waals surface area contributed by atoms with E-state index in [9.17, 15) is 5.11 Å². The van der Waals surface area contributed by atoms with Gasteiger partial charge in [0.1, 0.15) is 36.1 Å². The zero-order valence-electron chi connectivity index (χ0n) is 37.4. The lowest BCUT2D eigenvalue weighted by Gasteiger charge is -2.47. The van der Waals surface area contributed by atoms with Gasteiger partial charge in [0, 0.05) is 32.2 Å². The van der Waals surface area contributed by atoms with Gasteiger partial charge < -0.3 is 53.2 Å². The molecule has 11 nitrogen and oxygen atoms in total. The van der Waals surface area contributed by atoms with Gasteiger partial charge in [-0.25, -0.2) is 0 Å². The molecule has 0 aromatic rings. The van der Waals surface area contributed by atoms with E-state index in [-0.39, 0.29) is 102 Å². The second kappa shape index (κ2) is 16.0. The Kier molecular flexibility index (Phi) is 11.8. The molecular weight excluding hydrogens is 767 g/mol. The average Bonchev–Trinajstić information content (AvgIpc) is 3.79. The Morgan fingerprint density at radius 2 is 1.54 bits per heavy atom. The minimum Gasteiger partial charge on any atom is -0.413 e. The molecule has 10 rings (SSSR count). The number of hydrogen-bond acceptors (Lipinski definition) is 11. The molecule has 0 amide bonds. The third-order valence-electron chi connectivity index (χ3n) is 17.0. The van der Waals surface area contributed by atoms with Crippen molar-refractivity contribution in [3.63, 3.8) is 0 Å². The molecule has 1 spiro atoms. The summed E-state index contributed by atoms with van der Waals surface area (Å²) in [5.41, 5.74) is 8.27. The number of ether oxygens (including phenoxy) is 8. The lowest BCUT2D eigenvalue weighted by Crippen LogP contribution is -2.61. The van der Waals surface area contributed by atoms with E-state index in [0.29, 0.717) is 38.1 Å². The van der Waals surface area contributed by atoms with Crippen molar-refractivity contribution in [1.82, 2.24) is 0 Å². The standard InChI is InChI=1S/C47H77NO10Si/c1-25-17-30-11-13-35-26(2)18-32(50-35)15-16-47-24-46(8)44(57-47)43-42(55-46)41(56-47)40-36(54-43)14-12-31(52-40)19-29(49)20-34-28(4)37(53-39(34)22-38(51-30)27(25)3)21-33(23-48)58-59(9,10)45(5,6)7/h25,28-44,49H,2-3,11-24,48H2,1,4-10H3/t25-,28-,29?,30+,31?,32+,33+,34?,35?,36+,37?,38?,39+,40+,41+,42+,43-,44-,46+,47-/m1/s1. The van der Waals surface area contributed by atoms with Gasteiger partial charge in [-0.05, 0) is 112 Å². The minimum absolute atomic E-state index is 0.00872. The van der Waals surface area contributed by atoms with Crippen LogP contribution in [0.15, 0.2) is 24.3 Å². The maximum atomic E-state index is 12.0. The predicted octanol–water partition coefficient (Wildman–Crippen LogP) is 7.27. The number of fused-ring (bicyclic) bond motifs is 6. The van der Waals surface area contributed by atoms with Gasteiger partial charge in [-0.3, -0.25) is 0 Å². The van der Waals surface area contributed by atoms with Crippen LogP contribution in [0, 0.1) is 17.8 Å². The summed E-state index contributed by atoms with van der Waals surface area (Å²) in [6, 6.07) is 0. The molecular formula is C47H77NO10Si. The van der Waals surface area contributed by atoms with Crippen molar-refractivity contribution in [2.45, 2.75) is 246 Å². The molecule has 0 saturated carbocycles. The molecule has 10 heterocycles. The van der Waals surface area contributed by atoms with E-state index in [1.165, 1.54) is 5.57 Å². The Bertz CT molecular complexity index is 1570. The number of aliphatic hydroxyl groups is 1. The molecule has 20 atom stereocenters. The Morgan fingerprint density at radius 1 is 0.814 bits per heavy atom. The molecule has 0 radical (unpaired) electrons. The summed E-state index contributed by atoms with van der Waals surface area (Å²) in [5.74, 6) is -0.137. The predicted molar refractivity (Wildman–Crippen MR) is 226 cm³/mol. The Balaban J connectivity index is 0.978. The molecule has 12 heteroatoms. The smallest absolute Gasteiger partial charge is 0.192 e. The van der Waals surface area contributed by atoms with Gasteiger partial charge in [-0.1, -0.05) is 47.8 Å². The summed E-state index contributed by atoms with van der Waals surface area (Å²) in [7, 11) is -2.06. The van der Waals surface area contributed by atoms with Crippen LogP contribution in [0.1, 0.15) is 125 Å². The van der Waals surface area contributed by atoms with E-state index >= 15 is 0 Å². The first-order valence-electron chi connectivity index (χ1n) is 23.6. The lowest BCUT2D eigenvalue weighted by molar-refractivity contribution is -0.295. The number of aliphatic hydroxyl groups excluding tert-OH is 1. The molecule has 10 saturated heterocycles. The van der Waals surface area contributed by atoms with Gasteiger partial charge in [0.2, 0.25) is 0 Å². The quantitative estimate of drug-likeness (QED) is 0.214. The SMILES string of the molecule is C=C1C[C@@H]2CC[C@@]34C[C@]5(C)O[C@H]6[C@@H](O3)[C@H]3OC(CC[C@@H]3O[C@H]6[C@H]5O4)CC(O)CC3[C@@H](C)C(C[C@@H](CN)O[Si](C)(C)C(C)(C)C)O[C@H]3CC3O[C@@H](CCC1O2)C[C@@H](C)C3=C. The van der Waals surface area contributed by atoms with Crippen molar-refractivity contribution in [2.24, 2.45) is 23.5 Å². The summed E-state index contributed by atoms with van der Waals surface area (Å²) < 4.78 is 62.5. The second-order valence-electron chi connectivity index (χ2n) is 22.3. The van der Waals surface area contributed by atoms with Gasteiger partial charge in [0.15, 0.2) is 14.1 Å². The topological polar surface area (TPSA) is 129 Å². The first kappa shape index (κ1) is 43.5. The van der Waals surface area contributed by atoms with E-state index < -0.39 is 25.8 Å². The highest BCUT2D eigenvalue weighted by Gasteiger charge is 2.73. The fourth-order valence-electron chi connectivity index (χ4n) is 12.5. The summed E-state index contributed by atoms with van der Waals surface area (Å²) in [4.78, 5) is 0. The van der Waals surface area contributed by atoms with Gasteiger partial charge in [-0.15, -0.1) is 0 Å². The van der Waals surface area contributed by atoms with Crippen LogP contribution in [-0.2, 0) is 42.3 Å². The fraction of sp³-hybridized carbons (Fsp3) is 0.915. The molecule has 59 heavy (non-hydrogen) atoms. The van der Waals surface area contributed by atoms with Crippen LogP contribution in [-0.4, -0.2) is 123 Å². The molecule has 0 aliphatic carbocycles. The zero-order valence-corrected chi connectivity index (χ0v) is 38.4. The number of nitrogens with two attached hydrogens (primary N) is 1. The summed E-state index contributed by atoms with van der Waals surface area (Å²) in [6.45, 7) is 27.7.